The second-order valence-electron chi connectivity index (χ2n) is 6.71. The minimum Gasteiger partial charge on any atom is -0.497 e. The Kier molecular flexibility index (Phi) is 5.84. The highest BCUT2D eigenvalue weighted by atomic mass is 16.5. The molecule has 7 nitrogen and oxygen atoms in total. The molecule has 1 aliphatic carbocycles. The molecule has 0 saturated heterocycles. The van der Waals surface area contributed by atoms with Crippen LogP contribution in [0, 0.1) is 11.3 Å². The Balaban J connectivity index is 1.69. The highest BCUT2D eigenvalue weighted by Crippen LogP contribution is 2.56. The highest BCUT2D eigenvalue weighted by molar-refractivity contribution is 5.93. The summed E-state index contributed by atoms with van der Waals surface area (Å²) in [7, 11) is 1.60. The van der Waals surface area contributed by atoms with Crippen LogP contribution in [0.1, 0.15) is 18.9 Å². The van der Waals surface area contributed by atoms with Gasteiger partial charge in [-0.2, -0.15) is 0 Å². The lowest BCUT2D eigenvalue weighted by molar-refractivity contribution is -0.152. The third-order valence-corrected chi connectivity index (χ3v) is 4.92. The van der Waals surface area contributed by atoms with Crippen LogP contribution >= 0.6 is 0 Å². The number of hydrogen-bond acceptors (Lipinski definition) is 6. The average molecular weight is 385 g/mol. The summed E-state index contributed by atoms with van der Waals surface area (Å²) >= 11 is 0. The second kappa shape index (κ2) is 8.31. The zero-order valence-corrected chi connectivity index (χ0v) is 15.8. The van der Waals surface area contributed by atoms with E-state index in [4.69, 9.17) is 19.4 Å². The number of nitrogens with one attached hydrogen (secondary N) is 1. The monoisotopic (exact) mass is 385 g/mol. The van der Waals surface area contributed by atoms with Gasteiger partial charge in [-0.25, -0.2) is 5.48 Å². The molecule has 1 fully saturated rings. The number of esters is 1. The zero-order chi connectivity index (χ0) is 20.1. The van der Waals surface area contributed by atoms with Crippen molar-refractivity contribution in [3.63, 3.8) is 0 Å². The average Bonchev–Trinajstić information content (AvgIpc) is 3.45. The molecule has 7 heteroatoms. The van der Waals surface area contributed by atoms with Crippen molar-refractivity contribution in [3.8, 4) is 17.2 Å². The number of rotatable bonds is 8. The summed E-state index contributed by atoms with van der Waals surface area (Å²) in [6, 6.07) is 14.6. The van der Waals surface area contributed by atoms with E-state index in [1.807, 2.05) is 48.5 Å². The van der Waals surface area contributed by atoms with Crippen molar-refractivity contribution in [2.75, 3.05) is 13.7 Å². The van der Waals surface area contributed by atoms with Crippen LogP contribution < -0.4 is 15.0 Å². The van der Waals surface area contributed by atoms with Crippen molar-refractivity contribution in [1.82, 2.24) is 5.48 Å². The van der Waals surface area contributed by atoms with Gasteiger partial charge in [0.15, 0.2) is 0 Å². The molecule has 2 aromatic rings. The van der Waals surface area contributed by atoms with E-state index >= 15 is 0 Å². The van der Waals surface area contributed by atoms with Crippen molar-refractivity contribution >= 4 is 11.9 Å². The maximum atomic E-state index is 12.4. The van der Waals surface area contributed by atoms with Crippen molar-refractivity contribution in [2.24, 2.45) is 11.3 Å². The summed E-state index contributed by atoms with van der Waals surface area (Å²) in [4.78, 5) is 24.2. The predicted molar refractivity (Wildman–Crippen MR) is 100 cm³/mol. The lowest BCUT2D eigenvalue weighted by Gasteiger charge is -2.16. The van der Waals surface area contributed by atoms with Crippen LogP contribution in [-0.2, 0) is 20.7 Å². The third kappa shape index (κ3) is 4.09. The molecule has 0 aliphatic heterocycles. The molecule has 28 heavy (non-hydrogen) atoms. The maximum Gasteiger partial charge on any atom is 0.313 e. The Morgan fingerprint density at radius 1 is 1.07 bits per heavy atom. The van der Waals surface area contributed by atoms with E-state index in [0.717, 1.165) is 11.3 Å². The molecule has 148 valence electrons. The Morgan fingerprint density at radius 3 is 2.18 bits per heavy atom. The summed E-state index contributed by atoms with van der Waals surface area (Å²) < 4.78 is 16.1. The van der Waals surface area contributed by atoms with Gasteiger partial charge in [0, 0.05) is 0 Å². The second-order valence-corrected chi connectivity index (χ2v) is 6.71. The Morgan fingerprint density at radius 2 is 1.64 bits per heavy atom. The van der Waals surface area contributed by atoms with Crippen LogP contribution in [0.2, 0.25) is 0 Å². The first-order valence-electron chi connectivity index (χ1n) is 9.04. The molecular weight excluding hydrogens is 362 g/mol. The fourth-order valence-electron chi connectivity index (χ4n) is 3.31. The van der Waals surface area contributed by atoms with Gasteiger partial charge in [-0.1, -0.05) is 12.1 Å². The van der Waals surface area contributed by atoms with Gasteiger partial charge in [0.05, 0.1) is 25.0 Å². The molecular formula is C21H23NO6. The number of benzene rings is 2. The van der Waals surface area contributed by atoms with Gasteiger partial charge in [-0.15, -0.1) is 0 Å². The SMILES string of the molecule is CCOC(=O)[C@@]1(Cc2ccc(Oc3ccc(OC)cc3)cc2)C[C@@H]1C(=O)NO. The van der Waals surface area contributed by atoms with E-state index in [9.17, 15) is 9.59 Å². The van der Waals surface area contributed by atoms with Crippen LogP contribution in [0.5, 0.6) is 17.2 Å². The Hall–Kier alpha value is -3.06. The first-order chi connectivity index (χ1) is 13.5. The molecule has 2 aromatic carbocycles. The minimum absolute atomic E-state index is 0.239. The number of carbonyl (C=O) groups excluding carboxylic acids is 2. The van der Waals surface area contributed by atoms with E-state index in [1.165, 1.54) is 0 Å². The van der Waals surface area contributed by atoms with Crippen molar-refractivity contribution in [3.05, 3.63) is 54.1 Å². The molecule has 0 bridgehead atoms. The van der Waals surface area contributed by atoms with Gasteiger partial charge >= 0.3 is 5.97 Å². The normalized spacial score (nSPS) is 20.2. The number of hydrogen-bond donors (Lipinski definition) is 2. The molecule has 1 aliphatic rings. The largest absolute Gasteiger partial charge is 0.497 e. The van der Waals surface area contributed by atoms with E-state index in [1.54, 1.807) is 19.5 Å². The number of ether oxygens (including phenoxy) is 3. The number of methoxy groups -OCH3 is 1. The van der Waals surface area contributed by atoms with E-state index in [-0.39, 0.29) is 6.61 Å². The topological polar surface area (TPSA) is 94.1 Å². The molecule has 1 amide bonds. The summed E-state index contributed by atoms with van der Waals surface area (Å²) in [5.41, 5.74) is 1.58. The molecule has 2 atom stereocenters. The fraction of sp³-hybridized carbons (Fsp3) is 0.333. The molecule has 0 spiro atoms. The summed E-state index contributed by atoms with van der Waals surface area (Å²) in [5.74, 6) is 0.511. The number of hydroxylamine groups is 1. The standard InChI is InChI=1S/C21H23NO6/c1-3-27-20(24)21(13-18(21)19(23)22-25)12-14-4-6-16(7-5-14)28-17-10-8-15(26-2)9-11-17/h4-11,18,25H,3,12-13H2,1-2H3,(H,22,23)/t18-,21+/m1/s1. The summed E-state index contributed by atoms with van der Waals surface area (Å²) in [6.45, 7) is 1.96. The smallest absolute Gasteiger partial charge is 0.313 e. The third-order valence-electron chi connectivity index (χ3n) is 4.92. The number of carbonyl (C=O) groups is 2. The van der Waals surface area contributed by atoms with Crippen molar-refractivity contribution in [2.45, 2.75) is 19.8 Å². The van der Waals surface area contributed by atoms with Crippen LogP contribution in [0.3, 0.4) is 0 Å². The summed E-state index contributed by atoms with van der Waals surface area (Å²) in [6.07, 6.45) is 0.703. The van der Waals surface area contributed by atoms with Gasteiger partial charge in [0.1, 0.15) is 17.2 Å². The molecule has 3 rings (SSSR count). The molecule has 0 heterocycles. The van der Waals surface area contributed by atoms with Gasteiger partial charge in [-0.3, -0.25) is 14.8 Å². The van der Waals surface area contributed by atoms with Crippen LogP contribution in [0.15, 0.2) is 48.5 Å². The van der Waals surface area contributed by atoms with Gasteiger partial charge in [-0.05, 0) is 61.7 Å². The van der Waals surface area contributed by atoms with Crippen LogP contribution in [-0.4, -0.2) is 30.8 Å². The first-order valence-corrected chi connectivity index (χ1v) is 9.04. The van der Waals surface area contributed by atoms with E-state index in [0.29, 0.717) is 24.3 Å². The van der Waals surface area contributed by atoms with Gasteiger partial charge < -0.3 is 14.2 Å². The van der Waals surface area contributed by atoms with Gasteiger partial charge in [0.25, 0.3) is 0 Å². The van der Waals surface area contributed by atoms with Crippen molar-refractivity contribution < 1.29 is 29.0 Å². The summed E-state index contributed by atoms with van der Waals surface area (Å²) in [5, 5.41) is 8.89. The van der Waals surface area contributed by atoms with Crippen LogP contribution in [0.25, 0.3) is 0 Å². The highest BCUT2D eigenvalue weighted by Gasteiger charge is 2.64. The van der Waals surface area contributed by atoms with Crippen molar-refractivity contribution in [1.29, 1.82) is 0 Å². The first kappa shape index (κ1) is 19.7. The predicted octanol–water partition coefficient (Wildman–Crippen LogP) is 3.10. The zero-order valence-electron chi connectivity index (χ0n) is 15.8. The molecule has 0 unspecified atom stereocenters. The van der Waals surface area contributed by atoms with Gasteiger partial charge in [0.2, 0.25) is 5.91 Å². The molecule has 1 saturated carbocycles. The quantitative estimate of drug-likeness (QED) is 0.412. The van der Waals surface area contributed by atoms with Crippen LogP contribution in [0.4, 0.5) is 0 Å². The van der Waals surface area contributed by atoms with E-state index in [2.05, 4.69) is 0 Å². The Bertz CT molecular complexity index is 833. The lowest BCUT2D eigenvalue weighted by Crippen LogP contribution is -2.30. The Labute approximate surface area is 163 Å². The molecule has 2 N–H and O–H groups in total. The lowest BCUT2D eigenvalue weighted by atomic mass is 9.93. The van der Waals surface area contributed by atoms with E-state index < -0.39 is 23.2 Å². The fourth-order valence-corrected chi connectivity index (χ4v) is 3.31. The maximum absolute atomic E-state index is 12.4. The molecule has 0 aromatic heterocycles. The minimum atomic E-state index is -0.929. The number of amides is 1. The molecule has 0 radical (unpaired) electrons.